The molecule has 0 spiro atoms. The van der Waals surface area contributed by atoms with Gasteiger partial charge in [-0.25, -0.2) is 4.98 Å². The molecule has 0 unspecified atom stereocenters. The Kier molecular flexibility index (Phi) is 6.64. The lowest BCUT2D eigenvalue weighted by Crippen LogP contribution is -2.26. The number of rotatable bonds is 8. The Morgan fingerprint density at radius 2 is 1.47 bits per heavy atom. The molecule has 0 atom stereocenters. The fraction of sp³-hybridized carbons (Fsp3) is 0.300. The minimum Gasteiger partial charge on any atom is -0.396 e. The second kappa shape index (κ2) is 9.39. The van der Waals surface area contributed by atoms with E-state index in [1.807, 2.05) is 0 Å². The van der Waals surface area contributed by atoms with E-state index < -0.39 is 11.8 Å². The van der Waals surface area contributed by atoms with Crippen molar-refractivity contribution in [3.05, 3.63) is 47.9 Å². The van der Waals surface area contributed by atoms with Gasteiger partial charge in [-0.05, 0) is 18.6 Å². The molecule has 0 saturated heterocycles. The van der Waals surface area contributed by atoms with Crippen LogP contribution in [0.2, 0.25) is 0 Å². The third-order valence-electron chi connectivity index (χ3n) is 4.71. The standard InChI is InChI=1S/C20H26N8O4/c1-26-9-12(7-14(26)18(30)22-5-4-6-29)23-19(31)15-8-13(10-27(15)2)24-20(32)17-25-16(21)11-28(17)3/h7-11,29H,4-6,21H2,1-3H3,(H,22,30)(H,23,31)(H,24,32). The van der Waals surface area contributed by atoms with Gasteiger partial charge in [0.25, 0.3) is 17.7 Å². The number of aromatic nitrogens is 4. The van der Waals surface area contributed by atoms with Crippen molar-refractivity contribution >= 4 is 34.9 Å². The van der Waals surface area contributed by atoms with Crippen molar-refractivity contribution in [1.82, 2.24) is 24.0 Å². The first kappa shape index (κ1) is 22.6. The number of carbonyl (C=O) groups is 3. The van der Waals surface area contributed by atoms with Gasteiger partial charge in [0.05, 0.1) is 11.4 Å². The third-order valence-corrected chi connectivity index (χ3v) is 4.71. The number of nitrogens with one attached hydrogen (secondary N) is 3. The molecule has 0 aromatic carbocycles. The molecule has 3 aromatic heterocycles. The van der Waals surface area contributed by atoms with E-state index in [0.717, 1.165) is 0 Å². The maximum Gasteiger partial charge on any atom is 0.291 e. The molecule has 0 aliphatic carbocycles. The van der Waals surface area contributed by atoms with E-state index in [0.29, 0.717) is 35.7 Å². The van der Waals surface area contributed by atoms with Crippen LogP contribution in [-0.2, 0) is 21.1 Å². The average molecular weight is 442 g/mol. The molecule has 3 aromatic rings. The Morgan fingerprint density at radius 3 is 2.00 bits per heavy atom. The molecule has 0 bridgehead atoms. The first-order valence-electron chi connectivity index (χ1n) is 9.83. The van der Waals surface area contributed by atoms with Gasteiger partial charge in [-0.3, -0.25) is 14.4 Å². The Hall–Kier alpha value is -4.06. The van der Waals surface area contributed by atoms with E-state index in [1.165, 1.54) is 16.8 Å². The van der Waals surface area contributed by atoms with Crippen molar-refractivity contribution in [3.8, 4) is 0 Å². The summed E-state index contributed by atoms with van der Waals surface area (Å²) in [4.78, 5) is 41.4. The summed E-state index contributed by atoms with van der Waals surface area (Å²) >= 11 is 0. The van der Waals surface area contributed by atoms with E-state index in [1.54, 1.807) is 48.7 Å². The van der Waals surface area contributed by atoms with Gasteiger partial charge >= 0.3 is 0 Å². The molecule has 3 amide bonds. The molecule has 6 N–H and O–H groups in total. The van der Waals surface area contributed by atoms with Crippen molar-refractivity contribution in [3.63, 3.8) is 0 Å². The molecule has 0 saturated carbocycles. The molecule has 0 aliphatic heterocycles. The minimum absolute atomic E-state index is 0.0103. The predicted octanol–water partition coefficient (Wildman–Crippen LogP) is 0.296. The highest BCUT2D eigenvalue weighted by Gasteiger charge is 2.18. The second-order valence-electron chi connectivity index (χ2n) is 7.29. The summed E-state index contributed by atoms with van der Waals surface area (Å²) in [5.74, 6) is -0.796. The van der Waals surface area contributed by atoms with Crippen molar-refractivity contribution in [2.75, 3.05) is 29.5 Å². The number of anilines is 3. The van der Waals surface area contributed by atoms with E-state index in [2.05, 4.69) is 20.9 Å². The molecule has 32 heavy (non-hydrogen) atoms. The SMILES string of the molecule is Cn1cc(NC(=O)c2cc(NC(=O)c3nc(N)cn3C)cn2C)cc1C(=O)NCCCO. The number of amides is 3. The summed E-state index contributed by atoms with van der Waals surface area (Å²) in [6, 6.07) is 3.09. The Balaban J connectivity index is 1.68. The lowest BCUT2D eigenvalue weighted by Gasteiger charge is -2.04. The summed E-state index contributed by atoms with van der Waals surface area (Å²) in [5, 5.41) is 17.0. The molecule has 12 heteroatoms. The van der Waals surface area contributed by atoms with Gasteiger partial charge < -0.3 is 40.5 Å². The van der Waals surface area contributed by atoms with Gasteiger partial charge in [-0.15, -0.1) is 0 Å². The number of aryl methyl sites for hydroxylation is 3. The summed E-state index contributed by atoms with van der Waals surface area (Å²) in [5.41, 5.74) is 7.14. The Bertz CT molecular complexity index is 1160. The fourth-order valence-electron chi connectivity index (χ4n) is 3.17. The number of imidazole rings is 1. The van der Waals surface area contributed by atoms with Gasteiger partial charge in [0.15, 0.2) is 0 Å². The van der Waals surface area contributed by atoms with Crippen molar-refractivity contribution in [2.45, 2.75) is 6.42 Å². The number of aliphatic hydroxyl groups is 1. The van der Waals surface area contributed by atoms with Crippen LogP contribution in [-0.4, -0.2) is 54.7 Å². The maximum atomic E-state index is 12.7. The van der Waals surface area contributed by atoms with Crippen LogP contribution >= 0.6 is 0 Å². The number of nitrogen functional groups attached to an aromatic ring is 1. The van der Waals surface area contributed by atoms with E-state index in [-0.39, 0.29) is 24.2 Å². The van der Waals surface area contributed by atoms with Crippen LogP contribution in [0.15, 0.2) is 30.7 Å². The summed E-state index contributed by atoms with van der Waals surface area (Å²) in [6.07, 6.45) is 5.21. The van der Waals surface area contributed by atoms with Crippen molar-refractivity contribution in [1.29, 1.82) is 0 Å². The number of nitrogens with two attached hydrogens (primary N) is 1. The summed E-state index contributed by atoms with van der Waals surface area (Å²) in [6.45, 7) is 0.342. The summed E-state index contributed by atoms with van der Waals surface area (Å²) in [7, 11) is 5.02. The predicted molar refractivity (Wildman–Crippen MR) is 118 cm³/mol. The monoisotopic (exact) mass is 442 g/mol. The molecule has 3 rings (SSSR count). The van der Waals surface area contributed by atoms with Crippen LogP contribution in [0, 0.1) is 0 Å². The van der Waals surface area contributed by atoms with E-state index >= 15 is 0 Å². The molecule has 3 heterocycles. The number of nitrogens with zero attached hydrogens (tertiary/aromatic N) is 4. The molecule has 12 nitrogen and oxygen atoms in total. The largest absolute Gasteiger partial charge is 0.396 e. The van der Waals surface area contributed by atoms with Gasteiger partial charge in [0.2, 0.25) is 5.82 Å². The first-order chi connectivity index (χ1) is 15.2. The van der Waals surface area contributed by atoms with Crippen molar-refractivity contribution in [2.24, 2.45) is 21.1 Å². The third kappa shape index (κ3) is 4.98. The van der Waals surface area contributed by atoms with Crippen LogP contribution in [0.1, 0.15) is 38.0 Å². The van der Waals surface area contributed by atoms with Crippen molar-refractivity contribution < 1.29 is 19.5 Å². The molecule has 0 radical (unpaired) electrons. The minimum atomic E-state index is -0.457. The smallest absolute Gasteiger partial charge is 0.291 e. The van der Waals surface area contributed by atoms with Crippen LogP contribution in [0.3, 0.4) is 0 Å². The fourth-order valence-corrected chi connectivity index (χ4v) is 3.17. The Labute approximate surface area is 184 Å². The zero-order valence-electron chi connectivity index (χ0n) is 18.0. The lowest BCUT2D eigenvalue weighted by molar-refractivity contribution is 0.0941. The number of hydrogen-bond acceptors (Lipinski definition) is 6. The molecule has 0 fully saturated rings. The number of hydrogen-bond donors (Lipinski definition) is 5. The highest BCUT2D eigenvalue weighted by molar-refractivity contribution is 6.06. The highest BCUT2D eigenvalue weighted by Crippen LogP contribution is 2.18. The number of aliphatic hydroxyl groups excluding tert-OH is 1. The zero-order valence-corrected chi connectivity index (χ0v) is 18.0. The summed E-state index contributed by atoms with van der Waals surface area (Å²) < 4.78 is 4.68. The van der Waals surface area contributed by atoms with Gasteiger partial charge in [0.1, 0.15) is 17.2 Å². The molecule has 170 valence electrons. The quantitative estimate of drug-likeness (QED) is 0.315. The Morgan fingerprint density at radius 1 is 0.906 bits per heavy atom. The normalized spacial score (nSPS) is 10.8. The van der Waals surface area contributed by atoms with Gasteiger partial charge in [-0.2, -0.15) is 0 Å². The van der Waals surface area contributed by atoms with E-state index in [4.69, 9.17) is 10.8 Å². The van der Waals surface area contributed by atoms with Gasteiger partial charge in [0, 0.05) is 52.9 Å². The van der Waals surface area contributed by atoms with Gasteiger partial charge in [-0.1, -0.05) is 0 Å². The topological polar surface area (TPSA) is 161 Å². The molecule has 0 aliphatic rings. The lowest BCUT2D eigenvalue weighted by atomic mass is 10.3. The van der Waals surface area contributed by atoms with Crippen LogP contribution in [0.5, 0.6) is 0 Å². The van der Waals surface area contributed by atoms with E-state index in [9.17, 15) is 14.4 Å². The number of carbonyl (C=O) groups excluding carboxylic acids is 3. The second-order valence-corrected chi connectivity index (χ2v) is 7.29. The first-order valence-corrected chi connectivity index (χ1v) is 9.83. The molecular weight excluding hydrogens is 416 g/mol. The van der Waals surface area contributed by atoms with Crippen LogP contribution in [0.4, 0.5) is 17.2 Å². The molecular formula is C20H26N8O4. The zero-order chi connectivity index (χ0) is 23.4. The highest BCUT2D eigenvalue weighted by atomic mass is 16.3. The maximum absolute atomic E-state index is 12.7. The average Bonchev–Trinajstić information content (AvgIpc) is 3.38. The van der Waals surface area contributed by atoms with Crippen LogP contribution in [0.25, 0.3) is 0 Å². The van der Waals surface area contributed by atoms with Crippen LogP contribution < -0.4 is 21.7 Å².